The second kappa shape index (κ2) is 7.45. The Bertz CT molecular complexity index is 185. The summed E-state index contributed by atoms with van der Waals surface area (Å²) in [6.45, 7) is 1.82. The standard InChI is InChI=1S/C6H9F3.CH2O3/c1-4(3-7)5(2)6(8)9;2-1(3)4/h6H,3H2,1-2H3;(H2,2,3,4). The fraction of sp³-hybridized carbons (Fsp3) is 0.571. The van der Waals surface area contributed by atoms with Gasteiger partial charge in [0.2, 0.25) is 0 Å². The van der Waals surface area contributed by atoms with Gasteiger partial charge in [0.1, 0.15) is 6.67 Å². The molecule has 6 heteroatoms. The normalized spacial score (nSPS) is 11.5. The van der Waals surface area contributed by atoms with Crippen molar-refractivity contribution >= 4 is 6.16 Å². The molecular weight excluding hydrogens is 189 g/mol. The van der Waals surface area contributed by atoms with Crippen LogP contribution >= 0.6 is 0 Å². The molecule has 13 heavy (non-hydrogen) atoms. The smallest absolute Gasteiger partial charge is 0.450 e. The molecule has 0 rings (SSSR count). The Kier molecular flexibility index (Phi) is 8.21. The van der Waals surface area contributed by atoms with E-state index in [0.29, 0.717) is 0 Å². The lowest BCUT2D eigenvalue weighted by molar-refractivity contribution is 0.137. The van der Waals surface area contributed by atoms with Crippen molar-refractivity contribution in [2.24, 2.45) is 0 Å². The van der Waals surface area contributed by atoms with Gasteiger partial charge in [0.25, 0.3) is 6.43 Å². The van der Waals surface area contributed by atoms with Crippen molar-refractivity contribution in [3.8, 4) is 0 Å². The van der Waals surface area contributed by atoms with Gasteiger partial charge in [-0.3, -0.25) is 0 Å². The summed E-state index contributed by atoms with van der Waals surface area (Å²) in [5, 5.41) is 13.9. The van der Waals surface area contributed by atoms with Gasteiger partial charge in [0.05, 0.1) is 0 Å². The van der Waals surface area contributed by atoms with Gasteiger partial charge < -0.3 is 10.2 Å². The van der Waals surface area contributed by atoms with Crippen LogP contribution in [0.4, 0.5) is 18.0 Å². The molecule has 0 aromatic rings. The van der Waals surface area contributed by atoms with Crippen LogP contribution in [0.5, 0.6) is 0 Å². The van der Waals surface area contributed by atoms with Crippen LogP contribution in [0, 0.1) is 0 Å². The number of halogens is 3. The van der Waals surface area contributed by atoms with Crippen LogP contribution in [0.1, 0.15) is 13.8 Å². The molecule has 0 saturated heterocycles. The van der Waals surface area contributed by atoms with Crippen molar-refractivity contribution in [3.05, 3.63) is 11.1 Å². The molecule has 0 saturated carbocycles. The number of allylic oxidation sites excluding steroid dienone is 2. The summed E-state index contributed by atoms with van der Waals surface area (Å²) < 4.78 is 34.9. The van der Waals surface area contributed by atoms with Crippen molar-refractivity contribution in [2.45, 2.75) is 20.3 Å². The van der Waals surface area contributed by atoms with E-state index >= 15 is 0 Å². The predicted molar refractivity (Wildman–Crippen MR) is 41.0 cm³/mol. The topological polar surface area (TPSA) is 57.5 Å². The number of carbonyl (C=O) groups is 1. The highest BCUT2D eigenvalue weighted by Crippen LogP contribution is 2.12. The molecule has 0 aromatic carbocycles. The third-order valence-corrected chi connectivity index (χ3v) is 1.20. The molecule has 3 nitrogen and oxygen atoms in total. The Balaban J connectivity index is 0. The molecular formula is C7H11F3O3. The van der Waals surface area contributed by atoms with E-state index < -0.39 is 19.3 Å². The van der Waals surface area contributed by atoms with E-state index in [0.717, 1.165) is 0 Å². The molecule has 0 aliphatic carbocycles. The summed E-state index contributed by atoms with van der Waals surface area (Å²) in [6, 6.07) is 0. The molecule has 0 aromatic heterocycles. The van der Waals surface area contributed by atoms with E-state index in [1.54, 1.807) is 0 Å². The third-order valence-electron chi connectivity index (χ3n) is 1.20. The molecule has 0 heterocycles. The van der Waals surface area contributed by atoms with Gasteiger partial charge in [-0.15, -0.1) is 0 Å². The highest BCUT2D eigenvalue weighted by molar-refractivity contribution is 5.53. The number of carboxylic acid groups (broad SMARTS) is 2. The van der Waals surface area contributed by atoms with E-state index in [2.05, 4.69) is 0 Å². The van der Waals surface area contributed by atoms with Crippen molar-refractivity contribution in [1.82, 2.24) is 0 Å². The first-order chi connectivity index (χ1) is 5.82. The van der Waals surface area contributed by atoms with Gasteiger partial charge in [-0.25, -0.2) is 18.0 Å². The monoisotopic (exact) mass is 200 g/mol. The summed E-state index contributed by atoms with van der Waals surface area (Å²) in [5.74, 6) is 0. The maximum atomic E-state index is 11.6. The Morgan fingerprint density at radius 1 is 1.31 bits per heavy atom. The summed E-state index contributed by atoms with van der Waals surface area (Å²) >= 11 is 0. The molecule has 78 valence electrons. The lowest BCUT2D eigenvalue weighted by atomic mass is 10.2. The van der Waals surface area contributed by atoms with E-state index in [-0.39, 0.29) is 11.1 Å². The molecule has 0 radical (unpaired) electrons. The van der Waals surface area contributed by atoms with Crippen LogP contribution in [-0.4, -0.2) is 29.5 Å². The Morgan fingerprint density at radius 3 is 1.69 bits per heavy atom. The molecule has 0 unspecified atom stereocenters. The van der Waals surface area contributed by atoms with Crippen LogP contribution in [0.2, 0.25) is 0 Å². The van der Waals surface area contributed by atoms with E-state index in [1.807, 2.05) is 0 Å². The van der Waals surface area contributed by atoms with Crippen LogP contribution in [0.15, 0.2) is 11.1 Å². The van der Waals surface area contributed by atoms with Gasteiger partial charge in [-0.05, 0) is 25.0 Å². The first kappa shape index (κ1) is 14.3. The molecule has 0 aliphatic rings. The Hall–Kier alpha value is -1.20. The minimum absolute atomic E-state index is 0.130. The summed E-state index contributed by atoms with van der Waals surface area (Å²) in [6.07, 6.45) is -4.35. The van der Waals surface area contributed by atoms with E-state index in [4.69, 9.17) is 15.0 Å². The molecule has 0 bridgehead atoms. The fourth-order valence-corrected chi connectivity index (χ4v) is 0.292. The van der Waals surface area contributed by atoms with Crippen molar-refractivity contribution < 1.29 is 28.2 Å². The second-order valence-corrected chi connectivity index (χ2v) is 2.18. The number of alkyl halides is 3. The minimum Gasteiger partial charge on any atom is -0.450 e. The average Bonchev–Trinajstić information content (AvgIpc) is 2.00. The minimum atomic E-state index is -2.51. The zero-order valence-corrected chi connectivity index (χ0v) is 7.22. The predicted octanol–water partition coefficient (Wildman–Crippen LogP) is 2.78. The first-order valence-electron chi connectivity index (χ1n) is 3.25. The molecule has 0 fully saturated rings. The quantitative estimate of drug-likeness (QED) is 0.674. The van der Waals surface area contributed by atoms with Gasteiger partial charge in [0.15, 0.2) is 0 Å². The molecule has 2 N–H and O–H groups in total. The van der Waals surface area contributed by atoms with Gasteiger partial charge >= 0.3 is 6.16 Å². The molecule has 0 aliphatic heterocycles. The maximum absolute atomic E-state index is 11.6. The van der Waals surface area contributed by atoms with Crippen molar-refractivity contribution in [3.63, 3.8) is 0 Å². The zero-order chi connectivity index (χ0) is 11.0. The van der Waals surface area contributed by atoms with Crippen LogP contribution < -0.4 is 0 Å². The molecule has 0 spiro atoms. The Morgan fingerprint density at radius 2 is 1.62 bits per heavy atom. The first-order valence-corrected chi connectivity index (χ1v) is 3.25. The van der Waals surface area contributed by atoms with Gasteiger partial charge in [-0.2, -0.15) is 0 Å². The lowest BCUT2D eigenvalue weighted by Crippen LogP contribution is -1.96. The third kappa shape index (κ3) is 10.8. The van der Waals surface area contributed by atoms with Gasteiger partial charge in [0, 0.05) is 0 Å². The SMILES string of the molecule is CC(CF)=C(C)C(F)F.O=C(O)O. The Labute approximate surface area is 73.5 Å². The van der Waals surface area contributed by atoms with Crippen molar-refractivity contribution in [1.29, 1.82) is 0 Å². The maximum Gasteiger partial charge on any atom is 0.503 e. The van der Waals surface area contributed by atoms with Gasteiger partial charge in [-0.1, -0.05) is 0 Å². The molecule has 0 amide bonds. The zero-order valence-electron chi connectivity index (χ0n) is 7.22. The largest absolute Gasteiger partial charge is 0.503 e. The lowest BCUT2D eigenvalue weighted by Gasteiger charge is -2.00. The number of hydrogen-bond donors (Lipinski definition) is 2. The number of rotatable bonds is 2. The van der Waals surface area contributed by atoms with E-state index in [9.17, 15) is 13.2 Å². The number of hydrogen-bond acceptors (Lipinski definition) is 1. The summed E-state index contributed by atoms with van der Waals surface area (Å²) in [4.78, 5) is 8.56. The van der Waals surface area contributed by atoms with Crippen LogP contribution in [0.25, 0.3) is 0 Å². The van der Waals surface area contributed by atoms with E-state index in [1.165, 1.54) is 13.8 Å². The van der Waals surface area contributed by atoms with Crippen molar-refractivity contribution in [2.75, 3.05) is 6.67 Å². The summed E-state index contributed by atoms with van der Waals surface area (Å²) in [5.41, 5.74) is -0.0255. The molecule has 0 atom stereocenters. The second-order valence-electron chi connectivity index (χ2n) is 2.18. The van der Waals surface area contributed by atoms with Crippen LogP contribution in [-0.2, 0) is 0 Å². The fourth-order valence-electron chi connectivity index (χ4n) is 0.292. The highest BCUT2D eigenvalue weighted by Gasteiger charge is 2.07. The average molecular weight is 200 g/mol. The van der Waals surface area contributed by atoms with Crippen LogP contribution in [0.3, 0.4) is 0 Å². The highest BCUT2D eigenvalue weighted by atomic mass is 19.3. The summed E-state index contributed by atoms with van der Waals surface area (Å²) in [7, 11) is 0.